The second-order valence-corrected chi connectivity index (χ2v) is 3.33. The molecule has 1 heterocycles. The molecular formula is C7H11IO3. The Balaban J connectivity index is 2.35. The maximum atomic E-state index is 10.9. The van der Waals surface area contributed by atoms with E-state index in [1.807, 2.05) is 0 Å². The van der Waals surface area contributed by atoms with E-state index in [1.165, 1.54) is 0 Å². The Labute approximate surface area is 79.6 Å². The van der Waals surface area contributed by atoms with Crippen LogP contribution in [0.3, 0.4) is 0 Å². The zero-order valence-electron chi connectivity index (χ0n) is 6.22. The first-order chi connectivity index (χ1) is 5.33. The normalized spacial score (nSPS) is 27.0. The van der Waals surface area contributed by atoms with Gasteiger partial charge in [0.2, 0.25) is 0 Å². The van der Waals surface area contributed by atoms with Crippen LogP contribution >= 0.6 is 22.6 Å². The molecule has 1 fully saturated rings. The number of cyclic esters (lactones) is 1. The molecule has 0 aromatic carbocycles. The van der Waals surface area contributed by atoms with Gasteiger partial charge in [0, 0.05) is 17.5 Å². The van der Waals surface area contributed by atoms with Crippen molar-refractivity contribution in [3.8, 4) is 0 Å². The van der Waals surface area contributed by atoms with Crippen LogP contribution in [0, 0.1) is 0 Å². The number of carbonyl (C=O) groups is 1. The van der Waals surface area contributed by atoms with Crippen molar-refractivity contribution in [1.29, 1.82) is 0 Å². The molecule has 1 unspecified atom stereocenters. The van der Waals surface area contributed by atoms with Gasteiger partial charge < -0.3 is 9.47 Å². The highest BCUT2D eigenvalue weighted by Crippen LogP contribution is 2.06. The number of carbonyl (C=O) groups excluding carboxylic acids is 1. The van der Waals surface area contributed by atoms with Gasteiger partial charge in [-0.1, -0.05) is 22.6 Å². The van der Waals surface area contributed by atoms with Gasteiger partial charge in [0.25, 0.3) is 0 Å². The van der Waals surface area contributed by atoms with Crippen molar-refractivity contribution < 1.29 is 14.3 Å². The van der Waals surface area contributed by atoms with Crippen LogP contribution in [0.15, 0.2) is 0 Å². The Kier molecular flexibility index (Phi) is 4.14. The molecule has 64 valence electrons. The average molecular weight is 270 g/mol. The first kappa shape index (κ1) is 9.25. The van der Waals surface area contributed by atoms with Crippen LogP contribution in [0.5, 0.6) is 0 Å². The molecule has 11 heavy (non-hydrogen) atoms. The van der Waals surface area contributed by atoms with E-state index in [0.717, 1.165) is 10.8 Å². The lowest BCUT2D eigenvalue weighted by atomic mass is 10.3. The summed E-state index contributed by atoms with van der Waals surface area (Å²) in [5.74, 6) is -0.0880. The maximum Gasteiger partial charge on any atom is 0.306 e. The number of ether oxygens (including phenoxy) is 2. The zero-order valence-corrected chi connectivity index (χ0v) is 8.37. The molecule has 0 N–H and O–H groups in total. The lowest BCUT2D eigenvalue weighted by Gasteiger charge is -2.18. The second-order valence-electron chi connectivity index (χ2n) is 2.44. The van der Waals surface area contributed by atoms with Crippen LogP contribution in [0.4, 0.5) is 0 Å². The molecular weight excluding hydrogens is 259 g/mol. The molecule has 1 aliphatic rings. The zero-order chi connectivity index (χ0) is 8.10. The molecule has 0 amide bonds. The molecule has 1 rings (SSSR count). The number of rotatable bonds is 1. The van der Waals surface area contributed by atoms with E-state index < -0.39 is 0 Å². The fourth-order valence-corrected chi connectivity index (χ4v) is 1.32. The van der Waals surface area contributed by atoms with Gasteiger partial charge in [0.05, 0.1) is 6.61 Å². The van der Waals surface area contributed by atoms with E-state index in [4.69, 9.17) is 9.47 Å². The summed E-state index contributed by atoms with van der Waals surface area (Å²) in [4.78, 5) is 10.9. The molecule has 3 nitrogen and oxygen atoms in total. The summed E-state index contributed by atoms with van der Waals surface area (Å²) in [6.07, 6.45) is 1.24. The van der Waals surface area contributed by atoms with Crippen molar-refractivity contribution in [1.82, 2.24) is 0 Å². The molecule has 0 radical (unpaired) electrons. The molecule has 1 aliphatic heterocycles. The lowest BCUT2D eigenvalue weighted by molar-refractivity contribution is -0.153. The monoisotopic (exact) mass is 270 g/mol. The van der Waals surface area contributed by atoms with Crippen LogP contribution in [0.1, 0.15) is 12.8 Å². The van der Waals surface area contributed by atoms with Crippen molar-refractivity contribution in [3.05, 3.63) is 0 Å². The molecule has 0 aromatic rings. The third kappa shape index (κ3) is 3.37. The van der Waals surface area contributed by atoms with Gasteiger partial charge in [0.1, 0.15) is 6.10 Å². The Morgan fingerprint density at radius 3 is 3.18 bits per heavy atom. The number of alkyl halides is 1. The van der Waals surface area contributed by atoms with E-state index in [9.17, 15) is 4.79 Å². The highest BCUT2D eigenvalue weighted by atomic mass is 127. The first-order valence-corrected chi connectivity index (χ1v) is 5.18. The minimum absolute atomic E-state index is 0.0385. The van der Waals surface area contributed by atoms with Gasteiger partial charge in [-0.2, -0.15) is 0 Å². The van der Waals surface area contributed by atoms with Crippen molar-refractivity contribution in [2.24, 2.45) is 0 Å². The van der Waals surface area contributed by atoms with E-state index in [0.29, 0.717) is 19.6 Å². The van der Waals surface area contributed by atoms with E-state index >= 15 is 0 Å². The Morgan fingerprint density at radius 2 is 2.45 bits per heavy atom. The summed E-state index contributed by atoms with van der Waals surface area (Å²) in [5.41, 5.74) is 0. The van der Waals surface area contributed by atoms with E-state index in [2.05, 4.69) is 22.6 Å². The van der Waals surface area contributed by atoms with Crippen molar-refractivity contribution in [2.45, 2.75) is 18.9 Å². The van der Waals surface area contributed by atoms with Gasteiger partial charge in [-0.05, 0) is 6.42 Å². The minimum atomic E-state index is -0.0880. The topological polar surface area (TPSA) is 35.5 Å². The summed E-state index contributed by atoms with van der Waals surface area (Å²) < 4.78 is 11.1. The first-order valence-electron chi connectivity index (χ1n) is 3.66. The molecule has 1 saturated heterocycles. The largest absolute Gasteiger partial charge is 0.459 e. The van der Waals surface area contributed by atoms with Gasteiger partial charge in [-0.25, -0.2) is 0 Å². The minimum Gasteiger partial charge on any atom is -0.459 e. The van der Waals surface area contributed by atoms with Crippen LogP contribution in [0.2, 0.25) is 0 Å². The van der Waals surface area contributed by atoms with Crippen molar-refractivity contribution in [3.63, 3.8) is 0 Å². The van der Waals surface area contributed by atoms with Gasteiger partial charge in [-0.3, -0.25) is 4.79 Å². The summed E-state index contributed by atoms with van der Waals surface area (Å²) in [7, 11) is 0. The van der Waals surface area contributed by atoms with Crippen LogP contribution < -0.4 is 0 Å². The number of halogens is 1. The molecule has 4 heteroatoms. The van der Waals surface area contributed by atoms with E-state index in [1.54, 1.807) is 0 Å². The Morgan fingerprint density at radius 1 is 1.64 bits per heavy atom. The summed E-state index contributed by atoms with van der Waals surface area (Å²) in [5, 5.41) is 0. The maximum absolute atomic E-state index is 10.9. The van der Waals surface area contributed by atoms with Crippen LogP contribution in [0.25, 0.3) is 0 Å². The third-order valence-electron chi connectivity index (χ3n) is 1.44. The molecule has 0 aromatic heterocycles. The fourth-order valence-electron chi connectivity index (χ4n) is 0.888. The Bertz CT molecular complexity index is 138. The second kappa shape index (κ2) is 4.92. The molecule has 0 saturated carbocycles. The van der Waals surface area contributed by atoms with Gasteiger partial charge in [-0.15, -0.1) is 0 Å². The van der Waals surface area contributed by atoms with Gasteiger partial charge >= 0.3 is 5.97 Å². The fraction of sp³-hybridized carbons (Fsp3) is 0.857. The highest BCUT2D eigenvalue weighted by Gasteiger charge is 2.15. The molecule has 0 aliphatic carbocycles. The smallest absolute Gasteiger partial charge is 0.306 e. The van der Waals surface area contributed by atoms with Crippen LogP contribution in [-0.2, 0) is 14.3 Å². The standard InChI is InChI=1S/C7H11IO3/c8-4-6-5-10-3-1-2-7(9)11-6/h6H,1-5H2. The van der Waals surface area contributed by atoms with Crippen LogP contribution in [-0.4, -0.2) is 29.7 Å². The highest BCUT2D eigenvalue weighted by molar-refractivity contribution is 14.1. The Hall–Kier alpha value is 0.160. The summed E-state index contributed by atoms with van der Waals surface area (Å²) in [6.45, 7) is 1.23. The van der Waals surface area contributed by atoms with E-state index in [-0.39, 0.29) is 12.1 Å². The number of esters is 1. The third-order valence-corrected chi connectivity index (χ3v) is 2.43. The SMILES string of the molecule is O=C1CCCOCC(CI)O1. The molecule has 0 bridgehead atoms. The molecule has 1 atom stereocenters. The molecule has 0 spiro atoms. The number of hydrogen-bond donors (Lipinski definition) is 0. The van der Waals surface area contributed by atoms with Crippen molar-refractivity contribution in [2.75, 3.05) is 17.6 Å². The summed E-state index contributed by atoms with van der Waals surface area (Å²) in [6, 6.07) is 0. The lowest BCUT2D eigenvalue weighted by Crippen LogP contribution is -2.27. The quantitative estimate of drug-likeness (QED) is 0.407. The predicted molar refractivity (Wildman–Crippen MR) is 48.8 cm³/mol. The predicted octanol–water partition coefficient (Wildman–Crippen LogP) is 1.14. The van der Waals surface area contributed by atoms with Crippen molar-refractivity contribution >= 4 is 28.6 Å². The summed E-state index contributed by atoms with van der Waals surface area (Å²) >= 11 is 2.19. The number of hydrogen-bond acceptors (Lipinski definition) is 3. The average Bonchev–Trinajstić information content (AvgIpc) is 1.96. The van der Waals surface area contributed by atoms with Gasteiger partial charge in [0.15, 0.2) is 0 Å².